The SMILES string of the molecule is CC1(C)Oc2cc3cc(C#N)c(C#N)cc3cc2O1. The fourth-order valence-electron chi connectivity index (χ4n) is 2.20. The lowest BCUT2D eigenvalue weighted by molar-refractivity contribution is -0.0431. The number of fused-ring (bicyclic) bond motifs is 2. The summed E-state index contributed by atoms with van der Waals surface area (Å²) < 4.78 is 11.3. The quantitative estimate of drug-likeness (QED) is 0.720. The van der Waals surface area contributed by atoms with E-state index in [1.807, 2.05) is 38.1 Å². The molecule has 0 amide bonds. The molecule has 2 aromatic rings. The molecule has 0 radical (unpaired) electrons. The third-order valence-electron chi connectivity index (χ3n) is 2.99. The highest BCUT2D eigenvalue weighted by molar-refractivity contribution is 5.89. The van der Waals surface area contributed by atoms with Gasteiger partial charge in [0.2, 0.25) is 5.79 Å². The van der Waals surface area contributed by atoms with Gasteiger partial charge < -0.3 is 9.47 Å². The summed E-state index contributed by atoms with van der Waals surface area (Å²) in [5.74, 6) is 0.632. The summed E-state index contributed by atoms with van der Waals surface area (Å²) in [6.07, 6.45) is 0. The van der Waals surface area contributed by atoms with Crippen LogP contribution in [0.1, 0.15) is 25.0 Å². The molecule has 0 spiro atoms. The molecule has 4 nitrogen and oxygen atoms in total. The van der Waals surface area contributed by atoms with Crippen molar-refractivity contribution in [3.63, 3.8) is 0 Å². The summed E-state index contributed by atoms with van der Waals surface area (Å²) in [5.41, 5.74) is 0.737. The van der Waals surface area contributed by atoms with Crippen molar-refractivity contribution in [2.75, 3.05) is 0 Å². The summed E-state index contributed by atoms with van der Waals surface area (Å²) in [5, 5.41) is 19.8. The first-order valence-corrected chi connectivity index (χ1v) is 5.82. The zero-order valence-electron chi connectivity index (χ0n) is 10.5. The number of nitriles is 2. The third-order valence-corrected chi connectivity index (χ3v) is 2.99. The maximum Gasteiger partial charge on any atom is 0.246 e. The van der Waals surface area contributed by atoms with Crippen LogP contribution in [0.25, 0.3) is 10.8 Å². The first-order chi connectivity index (χ1) is 9.02. The normalized spacial score (nSPS) is 14.9. The van der Waals surface area contributed by atoms with Crippen LogP contribution in [0.4, 0.5) is 0 Å². The molecule has 0 saturated heterocycles. The average Bonchev–Trinajstić information content (AvgIpc) is 2.66. The maximum absolute atomic E-state index is 9.03. The third kappa shape index (κ3) is 1.75. The predicted molar refractivity (Wildman–Crippen MR) is 68.7 cm³/mol. The molecular formula is C15H10N2O2. The summed E-state index contributed by atoms with van der Waals surface area (Å²) in [7, 11) is 0. The molecule has 4 heteroatoms. The molecule has 0 aromatic heterocycles. The Morgan fingerprint density at radius 3 is 1.63 bits per heavy atom. The number of ether oxygens (including phenoxy) is 2. The van der Waals surface area contributed by atoms with Crippen LogP contribution in [0.5, 0.6) is 11.5 Å². The van der Waals surface area contributed by atoms with Crippen molar-refractivity contribution in [2.24, 2.45) is 0 Å². The Balaban J connectivity index is 2.26. The number of hydrogen-bond acceptors (Lipinski definition) is 4. The second-order valence-electron chi connectivity index (χ2n) is 4.87. The zero-order chi connectivity index (χ0) is 13.6. The van der Waals surface area contributed by atoms with Gasteiger partial charge in [0.05, 0.1) is 11.1 Å². The predicted octanol–water partition coefficient (Wildman–Crippen LogP) is 3.09. The Morgan fingerprint density at radius 2 is 1.26 bits per heavy atom. The molecule has 2 aromatic carbocycles. The Bertz CT molecular complexity index is 715. The molecule has 92 valence electrons. The van der Waals surface area contributed by atoms with Crippen molar-refractivity contribution in [3.05, 3.63) is 35.4 Å². The van der Waals surface area contributed by atoms with Crippen molar-refractivity contribution < 1.29 is 9.47 Å². The van der Waals surface area contributed by atoms with E-state index in [4.69, 9.17) is 20.0 Å². The Labute approximate surface area is 110 Å². The highest BCUT2D eigenvalue weighted by Crippen LogP contribution is 2.42. The molecule has 0 bridgehead atoms. The van der Waals surface area contributed by atoms with E-state index in [2.05, 4.69) is 0 Å². The topological polar surface area (TPSA) is 66.0 Å². The van der Waals surface area contributed by atoms with Gasteiger partial charge in [0.15, 0.2) is 11.5 Å². The molecule has 0 aliphatic carbocycles. The monoisotopic (exact) mass is 250 g/mol. The first-order valence-electron chi connectivity index (χ1n) is 5.82. The molecule has 0 saturated carbocycles. The molecular weight excluding hydrogens is 240 g/mol. The highest BCUT2D eigenvalue weighted by Gasteiger charge is 2.31. The fraction of sp³-hybridized carbons (Fsp3) is 0.200. The summed E-state index contributed by atoms with van der Waals surface area (Å²) in [4.78, 5) is 0. The number of hydrogen-bond donors (Lipinski definition) is 0. The van der Waals surface area contributed by atoms with Gasteiger partial charge >= 0.3 is 0 Å². The molecule has 19 heavy (non-hydrogen) atoms. The van der Waals surface area contributed by atoms with Crippen LogP contribution < -0.4 is 9.47 Å². The van der Waals surface area contributed by atoms with Gasteiger partial charge in [-0.3, -0.25) is 0 Å². The maximum atomic E-state index is 9.03. The van der Waals surface area contributed by atoms with Gasteiger partial charge in [0.1, 0.15) is 12.1 Å². The standard InChI is InChI=1S/C15H10N2O2/c1-15(2)18-13-5-9-3-11(7-16)12(8-17)4-10(9)6-14(13)19-15/h3-6H,1-2H3. The highest BCUT2D eigenvalue weighted by atomic mass is 16.7. The summed E-state index contributed by atoms with van der Waals surface area (Å²) >= 11 is 0. The van der Waals surface area contributed by atoms with E-state index in [9.17, 15) is 0 Å². The minimum Gasteiger partial charge on any atom is -0.449 e. The second kappa shape index (κ2) is 3.63. The van der Waals surface area contributed by atoms with Gasteiger partial charge in [-0.25, -0.2) is 0 Å². The van der Waals surface area contributed by atoms with Gasteiger partial charge in [0, 0.05) is 13.8 Å². The zero-order valence-corrected chi connectivity index (χ0v) is 10.5. The van der Waals surface area contributed by atoms with Crippen molar-refractivity contribution >= 4 is 10.8 Å². The molecule has 3 rings (SSSR count). The lowest BCUT2D eigenvalue weighted by atomic mass is 10.0. The molecule has 1 aliphatic heterocycles. The second-order valence-corrected chi connectivity index (χ2v) is 4.87. The smallest absolute Gasteiger partial charge is 0.246 e. The van der Waals surface area contributed by atoms with Gasteiger partial charge in [-0.05, 0) is 35.0 Å². The van der Waals surface area contributed by atoms with Crippen molar-refractivity contribution in [1.82, 2.24) is 0 Å². The average molecular weight is 250 g/mol. The van der Waals surface area contributed by atoms with Crippen LogP contribution in [0.15, 0.2) is 24.3 Å². The van der Waals surface area contributed by atoms with Crippen molar-refractivity contribution in [3.8, 4) is 23.6 Å². The van der Waals surface area contributed by atoms with Crippen LogP contribution in [0.3, 0.4) is 0 Å². The first kappa shape index (κ1) is 11.4. The van der Waals surface area contributed by atoms with Gasteiger partial charge in [-0.15, -0.1) is 0 Å². The lowest BCUT2D eigenvalue weighted by Gasteiger charge is -2.16. The number of nitrogens with zero attached hydrogens (tertiary/aromatic N) is 2. The Morgan fingerprint density at radius 1 is 0.842 bits per heavy atom. The summed E-state index contributed by atoms with van der Waals surface area (Å²) in [6, 6.07) is 11.1. The van der Waals surface area contributed by atoms with Crippen LogP contribution in [-0.4, -0.2) is 5.79 Å². The van der Waals surface area contributed by atoms with Crippen molar-refractivity contribution in [1.29, 1.82) is 10.5 Å². The van der Waals surface area contributed by atoms with E-state index in [0.29, 0.717) is 22.6 Å². The fourth-order valence-corrected chi connectivity index (χ4v) is 2.20. The number of benzene rings is 2. The van der Waals surface area contributed by atoms with E-state index < -0.39 is 5.79 Å². The van der Waals surface area contributed by atoms with Crippen LogP contribution >= 0.6 is 0 Å². The summed E-state index contributed by atoms with van der Waals surface area (Å²) in [6.45, 7) is 3.66. The van der Waals surface area contributed by atoms with Gasteiger partial charge in [-0.2, -0.15) is 10.5 Å². The molecule has 1 aliphatic rings. The van der Waals surface area contributed by atoms with E-state index in [0.717, 1.165) is 10.8 Å². The minimum atomic E-state index is -0.685. The van der Waals surface area contributed by atoms with E-state index in [-0.39, 0.29) is 0 Å². The molecule has 0 unspecified atom stereocenters. The Hall–Kier alpha value is -2.72. The van der Waals surface area contributed by atoms with Gasteiger partial charge in [0.25, 0.3) is 0 Å². The van der Waals surface area contributed by atoms with Gasteiger partial charge in [-0.1, -0.05) is 0 Å². The molecule has 0 atom stereocenters. The molecule has 1 heterocycles. The van der Waals surface area contributed by atoms with E-state index >= 15 is 0 Å². The lowest BCUT2D eigenvalue weighted by Crippen LogP contribution is -2.29. The molecule has 0 fully saturated rings. The van der Waals surface area contributed by atoms with E-state index in [1.54, 1.807) is 12.1 Å². The minimum absolute atomic E-state index is 0.369. The van der Waals surface area contributed by atoms with Crippen LogP contribution in [0.2, 0.25) is 0 Å². The van der Waals surface area contributed by atoms with Crippen LogP contribution in [-0.2, 0) is 0 Å². The van der Waals surface area contributed by atoms with E-state index in [1.165, 1.54) is 0 Å². The van der Waals surface area contributed by atoms with Crippen LogP contribution in [0, 0.1) is 22.7 Å². The van der Waals surface area contributed by atoms with Crippen molar-refractivity contribution in [2.45, 2.75) is 19.6 Å². The number of rotatable bonds is 0. The Kier molecular flexibility index (Phi) is 2.18. The largest absolute Gasteiger partial charge is 0.449 e. The molecule has 0 N–H and O–H groups in total.